The highest BCUT2D eigenvalue weighted by molar-refractivity contribution is 6.02. The Bertz CT molecular complexity index is 958. The number of ether oxygens (including phenoxy) is 2. The fraction of sp³-hybridized carbons (Fsp3) is 0.238. The minimum atomic E-state index is -0.830. The Morgan fingerprint density at radius 2 is 1.73 bits per heavy atom. The minimum Gasteiger partial charge on any atom is -0.496 e. The van der Waals surface area contributed by atoms with E-state index in [0.717, 1.165) is 11.1 Å². The number of methoxy groups -OCH3 is 1. The van der Waals surface area contributed by atoms with Gasteiger partial charge in [-0.1, -0.05) is 29.8 Å². The van der Waals surface area contributed by atoms with Crippen LogP contribution in [0.25, 0.3) is 0 Å². The van der Waals surface area contributed by atoms with E-state index in [1.54, 1.807) is 30.3 Å². The maximum atomic E-state index is 12.1. The van der Waals surface area contributed by atoms with Crippen LogP contribution >= 0.6 is 0 Å². The Morgan fingerprint density at radius 3 is 2.43 bits per heavy atom. The number of amides is 4. The molecular formula is C21H23N3O6. The van der Waals surface area contributed by atoms with Crippen molar-refractivity contribution in [3.63, 3.8) is 0 Å². The molecule has 0 aliphatic rings. The van der Waals surface area contributed by atoms with Crippen molar-refractivity contribution >= 4 is 29.5 Å². The van der Waals surface area contributed by atoms with Crippen LogP contribution < -0.4 is 20.7 Å². The van der Waals surface area contributed by atoms with Gasteiger partial charge in [0.15, 0.2) is 6.61 Å². The second-order valence-electron chi connectivity index (χ2n) is 6.36. The van der Waals surface area contributed by atoms with Crippen LogP contribution in [0.2, 0.25) is 0 Å². The van der Waals surface area contributed by atoms with Crippen molar-refractivity contribution in [1.82, 2.24) is 10.6 Å². The lowest BCUT2D eigenvalue weighted by atomic mass is 10.1. The molecule has 0 heterocycles. The van der Waals surface area contributed by atoms with Crippen molar-refractivity contribution in [2.24, 2.45) is 0 Å². The first-order valence-electron chi connectivity index (χ1n) is 9.05. The summed E-state index contributed by atoms with van der Waals surface area (Å²) in [6, 6.07) is 11.2. The average Bonchev–Trinajstić information content (AvgIpc) is 2.72. The number of nitrogens with one attached hydrogen (secondary N) is 3. The van der Waals surface area contributed by atoms with Crippen LogP contribution in [0.4, 0.5) is 10.5 Å². The van der Waals surface area contributed by atoms with Crippen molar-refractivity contribution in [2.75, 3.05) is 25.6 Å². The number of carbonyl (C=O) groups excluding carboxylic acids is 4. The summed E-state index contributed by atoms with van der Waals surface area (Å²) in [6.07, 6.45) is 0. The van der Waals surface area contributed by atoms with Gasteiger partial charge in [0.05, 0.1) is 12.7 Å². The van der Waals surface area contributed by atoms with E-state index in [4.69, 9.17) is 9.47 Å². The van der Waals surface area contributed by atoms with Gasteiger partial charge in [-0.3, -0.25) is 19.7 Å². The molecule has 0 atom stereocenters. The zero-order valence-electron chi connectivity index (χ0n) is 16.9. The van der Waals surface area contributed by atoms with Crippen molar-refractivity contribution in [2.45, 2.75) is 13.8 Å². The first-order valence-corrected chi connectivity index (χ1v) is 9.05. The van der Waals surface area contributed by atoms with Crippen molar-refractivity contribution < 1.29 is 28.7 Å². The summed E-state index contributed by atoms with van der Waals surface area (Å²) in [6.45, 7) is 2.64. The predicted octanol–water partition coefficient (Wildman–Crippen LogP) is 1.93. The van der Waals surface area contributed by atoms with E-state index in [2.05, 4.69) is 16.0 Å². The molecule has 158 valence electrons. The van der Waals surface area contributed by atoms with Gasteiger partial charge in [0, 0.05) is 5.69 Å². The van der Waals surface area contributed by atoms with Crippen LogP contribution in [0.3, 0.4) is 0 Å². The lowest BCUT2D eigenvalue weighted by Crippen LogP contribution is -2.38. The molecule has 0 radical (unpaired) electrons. The number of para-hydroxylation sites is 1. The summed E-state index contributed by atoms with van der Waals surface area (Å²) < 4.78 is 9.84. The largest absolute Gasteiger partial charge is 0.496 e. The molecule has 2 aromatic rings. The maximum absolute atomic E-state index is 12.1. The predicted molar refractivity (Wildman–Crippen MR) is 109 cm³/mol. The van der Waals surface area contributed by atoms with Crippen molar-refractivity contribution in [1.29, 1.82) is 0 Å². The molecule has 0 unspecified atom stereocenters. The SMILES string of the molecule is COc1ccccc1C(=O)NCC(=O)OCC(=O)NC(=O)Nc1ccc(C)cc1C. The van der Waals surface area contributed by atoms with E-state index in [0.29, 0.717) is 11.4 Å². The molecule has 0 saturated carbocycles. The van der Waals surface area contributed by atoms with Crippen molar-refractivity contribution in [3.8, 4) is 5.75 Å². The highest BCUT2D eigenvalue weighted by Gasteiger charge is 2.15. The number of carbonyl (C=O) groups is 4. The van der Waals surface area contributed by atoms with Gasteiger partial charge in [-0.25, -0.2) is 4.79 Å². The summed E-state index contributed by atoms with van der Waals surface area (Å²) >= 11 is 0. The molecule has 2 aromatic carbocycles. The van der Waals surface area contributed by atoms with Crippen LogP contribution in [0.1, 0.15) is 21.5 Å². The molecule has 9 heteroatoms. The lowest BCUT2D eigenvalue weighted by Gasteiger charge is -2.11. The number of esters is 1. The molecule has 4 amide bonds. The molecule has 2 rings (SSSR count). The van der Waals surface area contributed by atoms with Crippen LogP contribution in [-0.2, 0) is 14.3 Å². The third kappa shape index (κ3) is 6.62. The molecule has 9 nitrogen and oxygen atoms in total. The Kier molecular flexibility index (Phi) is 7.92. The van der Waals surface area contributed by atoms with Gasteiger partial charge in [0.1, 0.15) is 12.3 Å². The van der Waals surface area contributed by atoms with Gasteiger partial charge in [0.2, 0.25) is 0 Å². The molecular weight excluding hydrogens is 390 g/mol. The number of imide groups is 1. The third-order valence-electron chi connectivity index (χ3n) is 3.99. The highest BCUT2D eigenvalue weighted by atomic mass is 16.5. The Labute approximate surface area is 173 Å². The third-order valence-corrected chi connectivity index (χ3v) is 3.99. The number of hydrogen-bond donors (Lipinski definition) is 3. The second-order valence-corrected chi connectivity index (χ2v) is 6.36. The van der Waals surface area contributed by atoms with Crippen LogP contribution in [-0.4, -0.2) is 44.1 Å². The van der Waals surface area contributed by atoms with Gasteiger partial charge in [0.25, 0.3) is 11.8 Å². The standard InChI is InChI=1S/C21H23N3O6/c1-13-8-9-16(14(2)10-13)23-21(28)24-18(25)12-30-19(26)11-22-20(27)15-6-4-5-7-17(15)29-3/h4-10H,11-12H2,1-3H3,(H,22,27)(H2,23,24,25,28). The molecule has 0 aliphatic carbocycles. The zero-order chi connectivity index (χ0) is 22.1. The Balaban J connectivity index is 1.74. The Morgan fingerprint density at radius 1 is 1.00 bits per heavy atom. The number of hydrogen-bond acceptors (Lipinski definition) is 6. The topological polar surface area (TPSA) is 123 Å². The summed E-state index contributed by atoms with van der Waals surface area (Å²) in [7, 11) is 1.43. The molecule has 3 N–H and O–H groups in total. The molecule has 0 bridgehead atoms. The van der Waals surface area contributed by atoms with E-state index in [9.17, 15) is 19.2 Å². The van der Waals surface area contributed by atoms with Gasteiger partial charge < -0.3 is 20.1 Å². The van der Waals surface area contributed by atoms with Gasteiger partial charge >= 0.3 is 12.0 Å². The van der Waals surface area contributed by atoms with E-state index in [-0.39, 0.29) is 5.56 Å². The highest BCUT2D eigenvalue weighted by Crippen LogP contribution is 2.17. The van der Waals surface area contributed by atoms with E-state index in [1.807, 2.05) is 26.0 Å². The van der Waals surface area contributed by atoms with Gasteiger partial charge in [-0.05, 0) is 37.6 Å². The number of urea groups is 1. The molecule has 0 spiro atoms. The molecule has 0 fully saturated rings. The molecule has 0 saturated heterocycles. The summed E-state index contributed by atoms with van der Waals surface area (Å²) in [5.41, 5.74) is 2.70. The normalized spacial score (nSPS) is 9.97. The molecule has 30 heavy (non-hydrogen) atoms. The smallest absolute Gasteiger partial charge is 0.325 e. The van der Waals surface area contributed by atoms with E-state index >= 15 is 0 Å². The number of aryl methyl sites for hydroxylation is 2. The van der Waals surface area contributed by atoms with Gasteiger partial charge in [-0.15, -0.1) is 0 Å². The quantitative estimate of drug-likeness (QED) is 0.596. The van der Waals surface area contributed by atoms with E-state index < -0.39 is 37.0 Å². The lowest BCUT2D eigenvalue weighted by molar-refractivity contribution is -0.147. The van der Waals surface area contributed by atoms with Crippen LogP contribution in [0.15, 0.2) is 42.5 Å². The van der Waals surface area contributed by atoms with Gasteiger partial charge in [-0.2, -0.15) is 0 Å². The monoisotopic (exact) mass is 413 g/mol. The van der Waals surface area contributed by atoms with Crippen molar-refractivity contribution in [3.05, 3.63) is 59.2 Å². The fourth-order valence-corrected chi connectivity index (χ4v) is 2.55. The summed E-state index contributed by atoms with van der Waals surface area (Å²) in [5, 5.41) is 6.98. The average molecular weight is 413 g/mol. The van der Waals surface area contributed by atoms with Crippen LogP contribution in [0.5, 0.6) is 5.75 Å². The van der Waals surface area contributed by atoms with E-state index in [1.165, 1.54) is 7.11 Å². The second kappa shape index (κ2) is 10.6. The minimum absolute atomic E-state index is 0.258. The summed E-state index contributed by atoms with van der Waals surface area (Å²) in [5.74, 6) is -1.80. The zero-order valence-corrected chi connectivity index (χ0v) is 16.9. The van der Waals surface area contributed by atoms with Crippen LogP contribution in [0, 0.1) is 13.8 Å². The fourth-order valence-electron chi connectivity index (χ4n) is 2.55. The first-order chi connectivity index (χ1) is 14.3. The first kappa shape index (κ1) is 22.4. The number of benzene rings is 2. The molecule has 0 aromatic heterocycles. The summed E-state index contributed by atoms with van der Waals surface area (Å²) in [4.78, 5) is 47.5. The Hall–Kier alpha value is -3.88. The molecule has 0 aliphatic heterocycles. The number of rotatable bonds is 7. The maximum Gasteiger partial charge on any atom is 0.325 e. The number of anilines is 1.